The predicted octanol–water partition coefficient (Wildman–Crippen LogP) is 3.78. The summed E-state index contributed by atoms with van der Waals surface area (Å²) in [6.07, 6.45) is 2.54. The van der Waals surface area contributed by atoms with Crippen LogP contribution < -0.4 is 14.4 Å². The van der Waals surface area contributed by atoms with Crippen molar-refractivity contribution in [2.24, 2.45) is 0 Å². The number of ether oxygens (including phenoxy) is 1. The van der Waals surface area contributed by atoms with Gasteiger partial charge in [0, 0.05) is 6.54 Å². The first-order valence-corrected chi connectivity index (χ1v) is 11.7. The van der Waals surface area contributed by atoms with Crippen LogP contribution in [0.1, 0.15) is 25.8 Å². The summed E-state index contributed by atoms with van der Waals surface area (Å²) in [4.78, 5) is 12.2. The Kier molecular flexibility index (Phi) is 8.49. The van der Waals surface area contributed by atoms with Gasteiger partial charge >= 0.3 is 0 Å². The molecule has 0 spiro atoms. The molecule has 164 valence electrons. The van der Waals surface area contributed by atoms with E-state index in [0.29, 0.717) is 13.0 Å². The van der Waals surface area contributed by atoms with Crippen LogP contribution in [0.15, 0.2) is 42.5 Å². The number of hydrogen-bond acceptors (Lipinski definition) is 4. The predicted molar refractivity (Wildman–Crippen MR) is 117 cm³/mol. The molecule has 0 radical (unpaired) electrons. The minimum Gasteiger partial charge on any atom is -0.491 e. The highest BCUT2D eigenvalue weighted by Crippen LogP contribution is 2.24. The van der Waals surface area contributed by atoms with E-state index in [1.165, 1.54) is 12.1 Å². The fraction of sp³-hybridized carbons (Fsp3) is 0.381. The molecule has 2 aromatic carbocycles. The number of aryl methyl sites for hydroxylation is 1. The molecule has 1 N–H and O–H groups in total. The second-order valence-electron chi connectivity index (χ2n) is 7.13. The first-order valence-electron chi connectivity index (χ1n) is 9.51. The summed E-state index contributed by atoms with van der Waals surface area (Å²) in [5.41, 5.74) is 1.24. The topological polar surface area (TPSA) is 75.7 Å². The minimum absolute atomic E-state index is 0.114. The van der Waals surface area contributed by atoms with Gasteiger partial charge in [0.25, 0.3) is 0 Å². The fourth-order valence-electron chi connectivity index (χ4n) is 2.75. The van der Waals surface area contributed by atoms with E-state index in [1.54, 1.807) is 0 Å². The van der Waals surface area contributed by atoms with Crippen molar-refractivity contribution in [3.05, 3.63) is 58.9 Å². The number of hydrogen-bond donors (Lipinski definition) is 1. The molecule has 0 aliphatic rings. The highest BCUT2D eigenvalue weighted by molar-refractivity contribution is 7.92. The number of nitrogens with one attached hydrogen (secondary N) is 1. The Morgan fingerprint density at radius 3 is 2.43 bits per heavy atom. The Labute approximate surface area is 182 Å². The van der Waals surface area contributed by atoms with E-state index >= 15 is 0 Å². The Balaban J connectivity index is 1.86. The van der Waals surface area contributed by atoms with Gasteiger partial charge in [-0.1, -0.05) is 23.7 Å². The lowest BCUT2D eigenvalue weighted by Crippen LogP contribution is -2.40. The van der Waals surface area contributed by atoms with E-state index in [4.69, 9.17) is 16.3 Å². The van der Waals surface area contributed by atoms with Crippen molar-refractivity contribution >= 4 is 33.2 Å². The molecule has 0 fully saturated rings. The van der Waals surface area contributed by atoms with Crippen molar-refractivity contribution < 1.29 is 22.3 Å². The third-order valence-electron chi connectivity index (χ3n) is 4.14. The van der Waals surface area contributed by atoms with E-state index in [2.05, 4.69) is 5.32 Å². The normalized spacial score (nSPS) is 11.4. The van der Waals surface area contributed by atoms with Crippen LogP contribution >= 0.6 is 11.6 Å². The molecule has 2 rings (SSSR count). The summed E-state index contributed by atoms with van der Waals surface area (Å²) >= 11 is 5.73. The average Bonchev–Trinajstić information content (AvgIpc) is 2.65. The maximum absolute atomic E-state index is 13.4. The Morgan fingerprint density at radius 2 is 1.87 bits per heavy atom. The lowest BCUT2D eigenvalue weighted by Gasteiger charge is -2.22. The number of anilines is 1. The molecular formula is C21H26ClFN2O4S. The second-order valence-corrected chi connectivity index (χ2v) is 9.45. The number of carbonyl (C=O) groups excluding carboxylic acids is 1. The molecule has 0 atom stereocenters. The summed E-state index contributed by atoms with van der Waals surface area (Å²) in [6, 6.07) is 11.3. The summed E-state index contributed by atoms with van der Waals surface area (Å²) in [6.45, 7) is 3.91. The molecule has 0 saturated heterocycles. The zero-order valence-corrected chi connectivity index (χ0v) is 18.8. The second kappa shape index (κ2) is 10.6. The molecule has 0 heterocycles. The maximum atomic E-state index is 13.4. The van der Waals surface area contributed by atoms with Gasteiger partial charge < -0.3 is 10.1 Å². The molecule has 0 aliphatic heterocycles. The molecule has 0 bridgehead atoms. The van der Waals surface area contributed by atoms with Crippen LogP contribution in [0.25, 0.3) is 0 Å². The average molecular weight is 457 g/mol. The molecule has 30 heavy (non-hydrogen) atoms. The number of nitrogens with zero attached hydrogens (tertiary/aromatic N) is 1. The Morgan fingerprint density at radius 1 is 1.20 bits per heavy atom. The van der Waals surface area contributed by atoms with Crippen molar-refractivity contribution in [3.8, 4) is 5.75 Å². The van der Waals surface area contributed by atoms with E-state index in [-0.39, 0.29) is 16.8 Å². The highest BCUT2D eigenvalue weighted by Gasteiger charge is 2.21. The summed E-state index contributed by atoms with van der Waals surface area (Å²) in [5.74, 6) is -0.313. The maximum Gasteiger partial charge on any atom is 0.240 e. The van der Waals surface area contributed by atoms with Gasteiger partial charge in [-0.3, -0.25) is 9.10 Å². The third-order valence-corrected chi connectivity index (χ3v) is 5.57. The van der Waals surface area contributed by atoms with E-state index in [0.717, 1.165) is 34.4 Å². The van der Waals surface area contributed by atoms with Gasteiger partial charge in [-0.2, -0.15) is 0 Å². The molecule has 6 nitrogen and oxygen atoms in total. The van der Waals surface area contributed by atoms with Crippen molar-refractivity contribution in [2.75, 3.05) is 23.7 Å². The first-order chi connectivity index (χ1) is 14.1. The standard InChI is InChI=1S/C21H26ClFN2O4S/c1-15(2)29-18-9-6-16(7-10-18)5-4-12-24-21(26)14-25(30(3,27)28)17-8-11-20(23)19(22)13-17/h6-11,13,15H,4-5,12,14H2,1-3H3,(H,24,26). The van der Waals surface area contributed by atoms with Crippen molar-refractivity contribution in [2.45, 2.75) is 32.8 Å². The van der Waals surface area contributed by atoms with Crippen LogP contribution in [0.3, 0.4) is 0 Å². The van der Waals surface area contributed by atoms with Crippen LogP contribution in [-0.4, -0.2) is 39.8 Å². The Hall–Kier alpha value is -2.32. The smallest absolute Gasteiger partial charge is 0.240 e. The molecule has 1 amide bonds. The number of carbonyl (C=O) groups is 1. The van der Waals surface area contributed by atoms with Crippen LogP contribution in [0.2, 0.25) is 5.02 Å². The van der Waals surface area contributed by atoms with Crippen LogP contribution in [-0.2, 0) is 21.2 Å². The third kappa shape index (κ3) is 7.50. The van der Waals surface area contributed by atoms with Gasteiger partial charge in [0.15, 0.2) is 0 Å². The van der Waals surface area contributed by atoms with Gasteiger partial charge in [-0.15, -0.1) is 0 Å². The first kappa shape index (κ1) is 24.0. The van der Waals surface area contributed by atoms with Gasteiger partial charge in [-0.25, -0.2) is 12.8 Å². The van der Waals surface area contributed by atoms with Crippen molar-refractivity contribution in [3.63, 3.8) is 0 Å². The monoisotopic (exact) mass is 456 g/mol. The van der Waals surface area contributed by atoms with Crippen LogP contribution in [0.4, 0.5) is 10.1 Å². The molecule has 0 aromatic heterocycles. The van der Waals surface area contributed by atoms with E-state index in [9.17, 15) is 17.6 Å². The number of amides is 1. The minimum atomic E-state index is -3.75. The highest BCUT2D eigenvalue weighted by atomic mass is 35.5. The SMILES string of the molecule is CC(C)Oc1ccc(CCCNC(=O)CN(c2ccc(F)c(Cl)c2)S(C)(=O)=O)cc1. The number of rotatable bonds is 10. The van der Waals surface area contributed by atoms with E-state index in [1.807, 2.05) is 38.1 Å². The molecule has 0 aliphatic carbocycles. The molecule has 2 aromatic rings. The van der Waals surface area contributed by atoms with Crippen molar-refractivity contribution in [1.29, 1.82) is 0 Å². The van der Waals surface area contributed by atoms with Gasteiger partial charge in [-0.05, 0) is 62.6 Å². The number of benzene rings is 2. The van der Waals surface area contributed by atoms with Crippen LogP contribution in [0, 0.1) is 5.82 Å². The van der Waals surface area contributed by atoms with Gasteiger partial charge in [0.2, 0.25) is 15.9 Å². The zero-order valence-electron chi connectivity index (χ0n) is 17.2. The summed E-state index contributed by atoms with van der Waals surface area (Å²) < 4.78 is 44.0. The van der Waals surface area contributed by atoms with Crippen LogP contribution in [0.5, 0.6) is 5.75 Å². The molecule has 0 unspecified atom stereocenters. The van der Waals surface area contributed by atoms with Crippen molar-refractivity contribution in [1.82, 2.24) is 5.32 Å². The van der Waals surface area contributed by atoms with Gasteiger partial charge in [0.05, 0.1) is 23.1 Å². The quantitative estimate of drug-likeness (QED) is 0.552. The molecular weight excluding hydrogens is 431 g/mol. The van der Waals surface area contributed by atoms with E-state index < -0.39 is 28.3 Å². The number of halogens is 2. The molecule has 9 heteroatoms. The largest absolute Gasteiger partial charge is 0.491 e. The zero-order chi connectivity index (χ0) is 22.3. The lowest BCUT2D eigenvalue weighted by atomic mass is 10.1. The lowest BCUT2D eigenvalue weighted by molar-refractivity contribution is -0.119. The molecule has 0 saturated carbocycles. The van der Waals surface area contributed by atoms with Gasteiger partial charge in [0.1, 0.15) is 18.1 Å². The Bertz CT molecular complexity index is 965. The summed E-state index contributed by atoms with van der Waals surface area (Å²) in [7, 11) is -3.75. The summed E-state index contributed by atoms with van der Waals surface area (Å²) in [5, 5.41) is 2.50. The fourth-order valence-corrected chi connectivity index (χ4v) is 3.78. The number of sulfonamides is 1.